The minimum Gasteiger partial charge on any atom is -0.302 e. The van der Waals surface area contributed by atoms with Crippen molar-refractivity contribution >= 4 is 44.2 Å². The molecule has 0 radical (unpaired) electrons. The van der Waals surface area contributed by atoms with Crippen molar-refractivity contribution in [1.29, 1.82) is 0 Å². The standard InChI is InChI=1S/C22H26ClN3OS/c1-5-25(6-2)12-13-26(21(27)17-14-15(3)10-11-16(17)4)22-24-20-18(23)8-7-9-19(20)28-22/h7-11,14H,5-6,12-13H2,1-4H3. The van der Waals surface area contributed by atoms with Gasteiger partial charge < -0.3 is 4.90 Å². The molecule has 0 aliphatic rings. The summed E-state index contributed by atoms with van der Waals surface area (Å²) in [6.07, 6.45) is 0. The number of carbonyl (C=O) groups excluding carboxylic acids is 1. The highest BCUT2D eigenvalue weighted by Gasteiger charge is 2.23. The van der Waals surface area contributed by atoms with Crippen LogP contribution in [0.4, 0.5) is 5.13 Å². The summed E-state index contributed by atoms with van der Waals surface area (Å²) >= 11 is 7.83. The zero-order valence-corrected chi connectivity index (χ0v) is 18.4. The third-order valence-electron chi connectivity index (χ3n) is 4.99. The van der Waals surface area contributed by atoms with E-state index < -0.39 is 0 Å². The molecule has 0 saturated heterocycles. The van der Waals surface area contributed by atoms with E-state index in [1.807, 2.05) is 50.2 Å². The first-order valence-corrected chi connectivity index (χ1v) is 10.8. The molecule has 1 amide bonds. The van der Waals surface area contributed by atoms with Crippen LogP contribution in [0.1, 0.15) is 35.3 Å². The molecular formula is C22H26ClN3OS. The van der Waals surface area contributed by atoms with E-state index in [9.17, 15) is 4.79 Å². The van der Waals surface area contributed by atoms with Crippen LogP contribution in [0.2, 0.25) is 5.02 Å². The Hall–Kier alpha value is -1.95. The van der Waals surface area contributed by atoms with Crippen LogP contribution < -0.4 is 4.90 Å². The molecule has 3 aromatic rings. The average molecular weight is 416 g/mol. The van der Waals surface area contributed by atoms with E-state index in [1.165, 1.54) is 11.3 Å². The molecule has 28 heavy (non-hydrogen) atoms. The van der Waals surface area contributed by atoms with Crippen molar-refractivity contribution in [2.45, 2.75) is 27.7 Å². The van der Waals surface area contributed by atoms with Crippen LogP contribution in [0.15, 0.2) is 36.4 Å². The lowest BCUT2D eigenvalue weighted by Gasteiger charge is -2.25. The van der Waals surface area contributed by atoms with Crippen molar-refractivity contribution in [3.05, 3.63) is 58.1 Å². The second kappa shape index (κ2) is 9.03. The van der Waals surface area contributed by atoms with Crippen molar-refractivity contribution in [3.63, 3.8) is 0 Å². The lowest BCUT2D eigenvalue weighted by atomic mass is 10.0. The number of hydrogen-bond acceptors (Lipinski definition) is 4. The maximum Gasteiger partial charge on any atom is 0.260 e. The first-order valence-electron chi connectivity index (χ1n) is 9.61. The van der Waals surface area contributed by atoms with Gasteiger partial charge in [0, 0.05) is 18.7 Å². The summed E-state index contributed by atoms with van der Waals surface area (Å²) in [6, 6.07) is 11.7. The first-order chi connectivity index (χ1) is 13.4. The minimum atomic E-state index is -0.0106. The highest BCUT2D eigenvalue weighted by Crippen LogP contribution is 2.33. The summed E-state index contributed by atoms with van der Waals surface area (Å²) in [4.78, 5) is 22.3. The summed E-state index contributed by atoms with van der Waals surface area (Å²) in [7, 11) is 0. The molecule has 3 rings (SSSR count). The van der Waals surface area contributed by atoms with Gasteiger partial charge in [0.1, 0.15) is 5.52 Å². The summed E-state index contributed by atoms with van der Waals surface area (Å²) in [5.74, 6) is -0.0106. The van der Waals surface area contributed by atoms with Crippen LogP contribution in [0.25, 0.3) is 10.2 Å². The number of amides is 1. The van der Waals surface area contributed by atoms with Gasteiger partial charge in [0.2, 0.25) is 0 Å². The van der Waals surface area contributed by atoms with Crippen molar-refractivity contribution in [1.82, 2.24) is 9.88 Å². The monoisotopic (exact) mass is 415 g/mol. The Morgan fingerprint density at radius 2 is 1.86 bits per heavy atom. The van der Waals surface area contributed by atoms with Crippen molar-refractivity contribution < 1.29 is 4.79 Å². The van der Waals surface area contributed by atoms with E-state index in [0.717, 1.165) is 46.5 Å². The first kappa shape index (κ1) is 20.8. The number of likely N-dealkylation sites (N-methyl/N-ethyl adjacent to an activating group) is 1. The van der Waals surface area contributed by atoms with Crippen molar-refractivity contribution in [2.24, 2.45) is 0 Å². The molecule has 6 heteroatoms. The average Bonchev–Trinajstić information content (AvgIpc) is 3.12. The Balaban J connectivity index is 2.01. The van der Waals surface area contributed by atoms with Crippen LogP contribution in [-0.2, 0) is 0 Å². The van der Waals surface area contributed by atoms with E-state index >= 15 is 0 Å². The van der Waals surface area contributed by atoms with Gasteiger partial charge in [-0.15, -0.1) is 0 Å². The number of rotatable bonds is 7. The zero-order valence-electron chi connectivity index (χ0n) is 16.8. The smallest absolute Gasteiger partial charge is 0.260 e. The number of para-hydroxylation sites is 1. The number of aromatic nitrogens is 1. The molecule has 148 valence electrons. The van der Waals surface area contributed by atoms with Crippen molar-refractivity contribution in [2.75, 3.05) is 31.1 Å². The Labute approximate surface area is 175 Å². The number of hydrogen-bond donors (Lipinski definition) is 0. The van der Waals surface area contributed by atoms with Gasteiger partial charge in [-0.25, -0.2) is 4.98 Å². The number of nitrogens with zero attached hydrogens (tertiary/aromatic N) is 3. The number of thiazole rings is 1. The molecule has 0 aliphatic heterocycles. The van der Waals surface area contributed by atoms with Gasteiger partial charge in [0.05, 0.1) is 9.72 Å². The van der Waals surface area contributed by atoms with E-state index in [4.69, 9.17) is 16.6 Å². The van der Waals surface area contributed by atoms with Gasteiger partial charge in [-0.3, -0.25) is 9.69 Å². The maximum atomic E-state index is 13.5. The van der Waals surface area contributed by atoms with Gasteiger partial charge in [0.15, 0.2) is 5.13 Å². The van der Waals surface area contributed by atoms with Gasteiger partial charge in [-0.2, -0.15) is 0 Å². The fourth-order valence-corrected chi connectivity index (χ4v) is 4.49. The van der Waals surface area contributed by atoms with E-state index in [-0.39, 0.29) is 5.91 Å². The Morgan fingerprint density at radius 3 is 2.54 bits per heavy atom. The van der Waals surface area contributed by atoms with E-state index in [2.05, 4.69) is 18.7 Å². The zero-order chi connectivity index (χ0) is 20.3. The highest BCUT2D eigenvalue weighted by molar-refractivity contribution is 7.22. The molecule has 0 atom stereocenters. The van der Waals surface area contributed by atoms with Crippen LogP contribution in [0, 0.1) is 13.8 Å². The maximum absolute atomic E-state index is 13.5. The van der Waals surface area contributed by atoms with Gasteiger partial charge in [0.25, 0.3) is 5.91 Å². The number of carbonyl (C=O) groups is 1. The summed E-state index contributed by atoms with van der Waals surface area (Å²) < 4.78 is 0.990. The van der Waals surface area contributed by atoms with E-state index in [1.54, 1.807) is 4.90 Å². The second-order valence-electron chi connectivity index (χ2n) is 6.89. The van der Waals surface area contributed by atoms with Crippen LogP contribution in [0.3, 0.4) is 0 Å². The molecule has 0 fully saturated rings. The largest absolute Gasteiger partial charge is 0.302 e. The van der Waals surface area contributed by atoms with Gasteiger partial charge >= 0.3 is 0 Å². The topological polar surface area (TPSA) is 36.4 Å². The molecule has 1 aromatic heterocycles. The Morgan fingerprint density at radius 1 is 1.11 bits per heavy atom. The number of fused-ring (bicyclic) bond motifs is 1. The fraction of sp³-hybridized carbons (Fsp3) is 0.364. The molecule has 0 unspecified atom stereocenters. The number of aryl methyl sites for hydroxylation is 2. The third-order valence-corrected chi connectivity index (χ3v) is 6.34. The Bertz CT molecular complexity index is 981. The van der Waals surface area contributed by atoms with Crippen molar-refractivity contribution in [3.8, 4) is 0 Å². The van der Waals surface area contributed by atoms with E-state index in [0.29, 0.717) is 16.7 Å². The number of halogens is 1. The minimum absolute atomic E-state index is 0.0106. The molecule has 4 nitrogen and oxygen atoms in total. The fourth-order valence-electron chi connectivity index (χ4n) is 3.20. The Kier molecular flexibility index (Phi) is 6.70. The summed E-state index contributed by atoms with van der Waals surface area (Å²) in [5.41, 5.74) is 3.53. The SMILES string of the molecule is CCN(CC)CCN(C(=O)c1cc(C)ccc1C)c1nc2c(Cl)cccc2s1. The van der Waals surface area contributed by atoms with Crippen LogP contribution >= 0.6 is 22.9 Å². The molecule has 0 spiro atoms. The quantitative estimate of drug-likeness (QED) is 0.507. The molecular weight excluding hydrogens is 390 g/mol. The molecule has 0 aliphatic carbocycles. The third kappa shape index (κ3) is 4.37. The summed E-state index contributed by atoms with van der Waals surface area (Å²) in [5, 5.41) is 1.31. The number of anilines is 1. The molecule has 0 bridgehead atoms. The van der Waals surface area contributed by atoms with Gasteiger partial charge in [-0.05, 0) is 50.7 Å². The second-order valence-corrected chi connectivity index (χ2v) is 8.30. The normalized spacial score (nSPS) is 11.4. The molecule has 2 aromatic carbocycles. The predicted molar refractivity (Wildman–Crippen MR) is 120 cm³/mol. The van der Waals surface area contributed by atoms with Crippen LogP contribution in [0.5, 0.6) is 0 Å². The molecule has 0 saturated carbocycles. The number of benzene rings is 2. The predicted octanol–water partition coefficient (Wildman–Crippen LogP) is 5.56. The lowest BCUT2D eigenvalue weighted by molar-refractivity contribution is 0.0983. The highest BCUT2D eigenvalue weighted by atomic mass is 35.5. The molecule has 0 N–H and O–H groups in total. The lowest BCUT2D eigenvalue weighted by Crippen LogP contribution is -2.39. The molecule has 1 heterocycles. The van der Waals surface area contributed by atoms with Gasteiger partial charge in [-0.1, -0.05) is 60.5 Å². The van der Waals surface area contributed by atoms with Crippen LogP contribution in [-0.4, -0.2) is 42.0 Å². The summed E-state index contributed by atoms with van der Waals surface area (Å²) in [6.45, 7) is 11.5.